The van der Waals surface area contributed by atoms with Gasteiger partial charge in [-0.2, -0.15) is 11.8 Å². The zero-order chi connectivity index (χ0) is 12.3. The number of ether oxygens (including phenoxy) is 1. The van der Waals surface area contributed by atoms with Gasteiger partial charge in [-0.15, -0.1) is 0 Å². The lowest BCUT2D eigenvalue weighted by molar-refractivity contribution is 0.0648. The fourth-order valence-electron chi connectivity index (χ4n) is 2.03. The van der Waals surface area contributed by atoms with Crippen molar-refractivity contribution in [3.63, 3.8) is 0 Å². The Bertz CT molecular complexity index is 384. The van der Waals surface area contributed by atoms with Crippen LogP contribution in [0.15, 0.2) is 22.7 Å². The monoisotopic (exact) mass is 316 g/mol. The van der Waals surface area contributed by atoms with Gasteiger partial charge < -0.3 is 9.84 Å². The minimum Gasteiger partial charge on any atom is -0.490 e. The molecule has 2 unspecified atom stereocenters. The molecule has 0 aliphatic carbocycles. The Hall–Kier alpha value is -0.190. The summed E-state index contributed by atoms with van der Waals surface area (Å²) >= 11 is 5.33. The maximum Gasteiger partial charge on any atom is 0.125 e. The molecule has 17 heavy (non-hydrogen) atoms. The normalized spacial score (nSPS) is 23.0. The summed E-state index contributed by atoms with van der Waals surface area (Å²) in [4.78, 5) is 0. The molecule has 1 aromatic carbocycles. The molecule has 0 fully saturated rings. The first kappa shape index (κ1) is 13.2. The Labute approximate surface area is 115 Å². The van der Waals surface area contributed by atoms with Crippen LogP contribution in [0.1, 0.15) is 31.4 Å². The lowest BCUT2D eigenvalue weighted by Crippen LogP contribution is -2.26. The van der Waals surface area contributed by atoms with E-state index in [1.165, 1.54) is 0 Å². The van der Waals surface area contributed by atoms with E-state index in [9.17, 15) is 5.11 Å². The Morgan fingerprint density at radius 2 is 2.35 bits per heavy atom. The number of halogens is 1. The third-order valence-corrected chi connectivity index (χ3v) is 4.32. The smallest absolute Gasteiger partial charge is 0.125 e. The van der Waals surface area contributed by atoms with Crippen molar-refractivity contribution in [3.05, 3.63) is 28.2 Å². The topological polar surface area (TPSA) is 29.5 Å². The van der Waals surface area contributed by atoms with Crippen LogP contribution in [0, 0.1) is 0 Å². The second-order valence-corrected chi connectivity index (χ2v) is 6.47. The van der Waals surface area contributed by atoms with Gasteiger partial charge in [-0.3, -0.25) is 0 Å². The van der Waals surface area contributed by atoms with E-state index in [1.807, 2.05) is 30.0 Å². The van der Waals surface area contributed by atoms with Gasteiger partial charge in [-0.05, 0) is 36.1 Å². The Morgan fingerprint density at radius 3 is 3.12 bits per heavy atom. The summed E-state index contributed by atoms with van der Waals surface area (Å²) in [5, 5.41) is 10.1. The van der Waals surface area contributed by atoms with Gasteiger partial charge >= 0.3 is 0 Å². The quantitative estimate of drug-likeness (QED) is 0.857. The van der Waals surface area contributed by atoms with Crippen LogP contribution in [0.5, 0.6) is 5.75 Å². The summed E-state index contributed by atoms with van der Waals surface area (Å²) in [6.45, 7) is 2.16. The summed E-state index contributed by atoms with van der Waals surface area (Å²) in [6.07, 6.45) is 1.46. The van der Waals surface area contributed by atoms with Crippen molar-refractivity contribution >= 4 is 27.7 Å². The molecule has 0 saturated heterocycles. The Morgan fingerprint density at radius 1 is 1.53 bits per heavy atom. The van der Waals surface area contributed by atoms with E-state index in [4.69, 9.17) is 4.74 Å². The third kappa shape index (κ3) is 3.39. The molecule has 2 atom stereocenters. The van der Waals surface area contributed by atoms with Crippen LogP contribution in [0.2, 0.25) is 0 Å². The highest BCUT2D eigenvalue weighted by Crippen LogP contribution is 2.37. The summed E-state index contributed by atoms with van der Waals surface area (Å²) < 4.78 is 6.89. The van der Waals surface area contributed by atoms with Crippen LogP contribution in [-0.4, -0.2) is 22.7 Å². The third-order valence-electron chi connectivity index (χ3n) is 2.90. The number of hydrogen-bond donors (Lipinski definition) is 1. The molecule has 0 amide bonds. The first-order valence-electron chi connectivity index (χ1n) is 5.92. The van der Waals surface area contributed by atoms with Crippen LogP contribution < -0.4 is 4.74 Å². The number of rotatable bonds is 4. The molecule has 0 spiro atoms. The van der Waals surface area contributed by atoms with Gasteiger partial charge in [0.05, 0.1) is 6.10 Å². The molecule has 1 aromatic rings. The summed E-state index contributed by atoms with van der Waals surface area (Å²) in [5.74, 6) is 3.07. The maximum atomic E-state index is 10.1. The van der Waals surface area contributed by atoms with Crippen LogP contribution in [0.25, 0.3) is 0 Å². The number of aliphatic hydroxyl groups is 1. The minimum atomic E-state index is -0.395. The molecule has 1 aliphatic heterocycles. The molecule has 0 radical (unpaired) electrons. The number of aliphatic hydroxyl groups excluding tert-OH is 1. The van der Waals surface area contributed by atoms with E-state index in [0.717, 1.165) is 33.7 Å². The van der Waals surface area contributed by atoms with Crippen molar-refractivity contribution in [2.24, 2.45) is 0 Å². The van der Waals surface area contributed by atoms with E-state index in [1.54, 1.807) is 0 Å². The van der Waals surface area contributed by atoms with Gasteiger partial charge in [-0.1, -0.05) is 22.9 Å². The number of hydrogen-bond acceptors (Lipinski definition) is 3. The fourth-order valence-corrected chi connectivity index (χ4v) is 3.12. The highest BCUT2D eigenvalue weighted by atomic mass is 79.9. The maximum absolute atomic E-state index is 10.1. The average molecular weight is 317 g/mol. The molecule has 0 aromatic heterocycles. The van der Waals surface area contributed by atoms with Gasteiger partial charge in [0.1, 0.15) is 11.9 Å². The fraction of sp³-hybridized carbons (Fsp3) is 0.538. The summed E-state index contributed by atoms with van der Waals surface area (Å²) in [6, 6.07) is 5.83. The second kappa shape index (κ2) is 6.12. The first-order chi connectivity index (χ1) is 8.20. The number of thioether (sulfide) groups is 1. The highest BCUT2D eigenvalue weighted by molar-refractivity contribution is 9.10. The van der Waals surface area contributed by atoms with Gasteiger partial charge in [0.15, 0.2) is 0 Å². The average Bonchev–Trinajstić information content (AvgIpc) is 2.31. The zero-order valence-corrected chi connectivity index (χ0v) is 12.3. The zero-order valence-electron chi connectivity index (χ0n) is 9.86. The van der Waals surface area contributed by atoms with E-state index < -0.39 is 6.10 Å². The standard InChI is InChI=1S/C13H17BrO2S/c1-2-17-6-5-10-8-12(15)11-7-9(14)3-4-13(11)16-10/h3-4,7,10,12,15H,2,5-6,8H2,1H3. The van der Waals surface area contributed by atoms with Crippen molar-refractivity contribution in [2.75, 3.05) is 11.5 Å². The Balaban J connectivity index is 2.03. The van der Waals surface area contributed by atoms with E-state index in [-0.39, 0.29) is 6.10 Å². The SMILES string of the molecule is CCSCCC1CC(O)c2cc(Br)ccc2O1. The molecular formula is C13H17BrO2S. The van der Waals surface area contributed by atoms with Gasteiger partial charge in [0.2, 0.25) is 0 Å². The molecule has 1 aliphatic rings. The first-order valence-corrected chi connectivity index (χ1v) is 7.87. The molecule has 1 heterocycles. The van der Waals surface area contributed by atoms with Crippen LogP contribution >= 0.6 is 27.7 Å². The van der Waals surface area contributed by atoms with Crippen LogP contribution in [-0.2, 0) is 0 Å². The molecule has 4 heteroatoms. The van der Waals surface area contributed by atoms with Crippen molar-refractivity contribution in [2.45, 2.75) is 32.0 Å². The van der Waals surface area contributed by atoms with Crippen LogP contribution in [0.4, 0.5) is 0 Å². The minimum absolute atomic E-state index is 0.151. The predicted molar refractivity (Wildman–Crippen MR) is 75.8 cm³/mol. The second-order valence-electron chi connectivity index (χ2n) is 4.16. The van der Waals surface area contributed by atoms with E-state index >= 15 is 0 Å². The lowest BCUT2D eigenvalue weighted by Gasteiger charge is -2.29. The lowest BCUT2D eigenvalue weighted by atomic mass is 9.98. The molecular weight excluding hydrogens is 300 g/mol. The van der Waals surface area contributed by atoms with E-state index in [2.05, 4.69) is 22.9 Å². The van der Waals surface area contributed by atoms with E-state index in [0.29, 0.717) is 6.42 Å². The molecule has 0 saturated carbocycles. The van der Waals surface area contributed by atoms with Crippen molar-refractivity contribution < 1.29 is 9.84 Å². The number of fused-ring (bicyclic) bond motifs is 1. The van der Waals surface area contributed by atoms with Crippen LogP contribution in [0.3, 0.4) is 0 Å². The summed E-state index contributed by atoms with van der Waals surface area (Å²) in [7, 11) is 0. The largest absolute Gasteiger partial charge is 0.490 e. The number of benzene rings is 1. The summed E-state index contributed by atoms with van der Waals surface area (Å²) in [5.41, 5.74) is 0.902. The predicted octanol–water partition coefficient (Wildman–Crippen LogP) is 3.78. The highest BCUT2D eigenvalue weighted by Gasteiger charge is 2.26. The van der Waals surface area contributed by atoms with Gasteiger partial charge in [0.25, 0.3) is 0 Å². The van der Waals surface area contributed by atoms with Gasteiger partial charge in [-0.25, -0.2) is 0 Å². The Kier molecular flexibility index (Phi) is 4.77. The molecule has 2 nitrogen and oxygen atoms in total. The molecule has 2 rings (SSSR count). The molecule has 1 N–H and O–H groups in total. The molecule has 0 bridgehead atoms. The van der Waals surface area contributed by atoms with Crippen molar-refractivity contribution in [1.82, 2.24) is 0 Å². The van der Waals surface area contributed by atoms with Crippen molar-refractivity contribution in [3.8, 4) is 5.75 Å². The molecule has 94 valence electrons. The van der Waals surface area contributed by atoms with Gasteiger partial charge in [0, 0.05) is 16.5 Å². The van der Waals surface area contributed by atoms with Crippen molar-refractivity contribution in [1.29, 1.82) is 0 Å².